The lowest BCUT2D eigenvalue weighted by Crippen LogP contribution is -2.41. The van der Waals surface area contributed by atoms with E-state index in [-0.39, 0.29) is 37.0 Å². The molecule has 0 aromatic heterocycles. The van der Waals surface area contributed by atoms with Gasteiger partial charge >= 0.3 is 0 Å². The fourth-order valence-electron chi connectivity index (χ4n) is 11.4. The van der Waals surface area contributed by atoms with Gasteiger partial charge in [-0.15, -0.1) is 0 Å². The summed E-state index contributed by atoms with van der Waals surface area (Å²) in [5.41, 5.74) is 11.2. The van der Waals surface area contributed by atoms with Crippen LogP contribution in [0, 0.1) is 13.8 Å². The molecule has 4 aliphatic heterocycles. The fraction of sp³-hybridized carbons (Fsp3) is 0.224. The number of hydrogen-bond acceptors (Lipinski definition) is 5. The standard InChI is InChI=1S/C58H50ClN4O4/c1-34-14-11-22-40-38(34)26-28-46-50(40)57(3,4)48(60(46)32-62-53(64)42-18-7-8-19-43(42)54(62)65)30-24-36-16-13-17-37(52(36)59)25-31-49-58(5,6)51-41-23-12-15-35(2)39(41)27-29-47(51)61(49)33-63-55(66)44-20-9-10-21-45(44)56(63)67/h7-12,14-15,18-31H,13,16-17,32-33H2,1-6H3/q+1. The Bertz CT molecular complexity index is 3350. The molecule has 6 aromatic rings. The molecule has 5 aliphatic rings. The number of halogens is 1. The molecule has 0 radical (unpaired) electrons. The number of allylic oxidation sites excluding steroid dienone is 8. The molecule has 4 amide bonds. The maximum absolute atomic E-state index is 13.8. The van der Waals surface area contributed by atoms with Gasteiger partial charge in [0.15, 0.2) is 5.71 Å². The van der Waals surface area contributed by atoms with Crippen molar-refractivity contribution in [2.24, 2.45) is 0 Å². The molecular weight excluding hydrogens is 852 g/mol. The first-order chi connectivity index (χ1) is 32.2. The molecule has 0 unspecified atom stereocenters. The molecule has 0 saturated carbocycles. The van der Waals surface area contributed by atoms with Crippen molar-refractivity contribution in [3.63, 3.8) is 0 Å². The van der Waals surface area contributed by atoms with Crippen LogP contribution in [-0.4, -0.2) is 57.1 Å². The van der Waals surface area contributed by atoms with Gasteiger partial charge in [-0.05, 0) is 139 Å². The lowest BCUT2D eigenvalue weighted by atomic mass is 9.78. The molecule has 67 heavy (non-hydrogen) atoms. The van der Waals surface area contributed by atoms with Crippen molar-refractivity contribution in [1.82, 2.24) is 9.80 Å². The second kappa shape index (κ2) is 15.5. The van der Waals surface area contributed by atoms with Crippen LogP contribution in [0.3, 0.4) is 0 Å². The molecule has 1 aliphatic carbocycles. The number of hydrogen-bond donors (Lipinski definition) is 0. The van der Waals surface area contributed by atoms with Gasteiger partial charge in [0.25, 0.3) is 23.6 Å². The van der Waals surface area contributed by atoms with Crippen molar-refractivity contribution in [3.05, 3.63) is 200 Å². The van der Waals surface area contributed by atoms with Gasteiger partial charge in [-0.1, -0.05) is 104 Å². The number of fused-ring (bicyclic) bond motifs is 8. The quantitative estimate of drug-likeness (QED) is 0.118. The van der Waals surface area contributed by atoms with Crippen molar-refractivity contribution in [2.75, 3.05) is 18.2 Å². The van der Waals surface area contributed by atoms with Crippen LogP contribution in [0.4, 0.5) is 11.4 Å². The van der Waals surface area contributed by atoms with E-state index in [0.29, 0.717) is 27.3 Å². The maximum Gasteiger partial charge on any atom is 0.266 e. The third-order valence-corrected chi connectivity index (χ3v) is 15.4. The number of amides is 4. The summed E-state index contributed by atoms with van der Waals surface area (Å²) >= 11 is 7.46. The summed E-state index contributed by atoms with van der Waals surface area (Å²) in [5.74, 6) is -1.19. The Balaban J connectivity index is 0.990. The maximum atomic E-state index is 13.8. The van der Waals surface area contributed by atoms with E-state index in [1.807, 2.05) is 0 Å². The van der Waals surface area contributed by atoms with Crippen LogP contribution in [0.1, 0.15) is 111 Å². The molecule has 8 nitrogen and oxygen atoms in total. The number of rotatable bonds is 7. The third-order valence-electron chi connectivity index (χ3n) is 14.9. The van der Waals surface area contributed by atoms with Gasteiger partial charge in [-0.25, -0.2) is 4.90 Å². The number of anilines is 1. The Hall–Kier alpha value is -7.16. The molecule has 0 bridgehead atoms. The second-order valence-corrected chi connectivity index (χ2v) is 19.8. The van der Waals surface area contributed by atoms with Crippen LogP contribution in [0.2, 0.25) is 0 Å². The normalized spacial score (nSPS) is 19.7. The number of aryl methyl sites for hydroxylation is 2. The number of carbonyl (C=O) groups excluding carboxylic acids is 4. The van der Waals surface area contributed by atoms with Crippen molar-refractivity contribution >= 4 is 73.9 Å². The second-order valence-electron chi connectivity index (χ2n) is 19.5. The first-order valence-corrected chi connectivity index (χ1v) is 23.4. The average molecular weight is 903 g/mol. The minimum absolute atomic E-state index is 0.0650. The van der Waals surface area contributed by atoms with E-state index >= 15 is 0 Å². The fourth-order valence-corrected chi connectivity index (χ4v) is 11.8. The lowest BCUT2D eigenvalue weighted by Gasteiger charge is -2.30. The Morgan fingerprint density at radius 2 is 1.12 bits per heavy atom. The van der Waals surface area contributed by atoms with Crippen molar-refractivity contribution in [3.8, 4) is 0 Å². The van der Waals surface area contributed by atoms with E-state index in [2.05, 4.69) is 136 Å². The Morgan fingerprint density at radius 3 is 1.72 bits per heavy atom. The van der Waals surface area contributed by atoms with Gasteiger partial charge in [0.05, 0.1) is 27.7 Å². The smallest absolute Gasteiger partial charge is 0.266 e. The molecule has 332 valence electrons. The molecule has 11 rings (SSSR count). The molecule has 4 heterocycles. The molecular formula is C58H50ClN4O4+. The van der Waals surface area contributed by atoms with Crippen LogP contribution in [0.15, 0.2) is 155 Å². The summed E-state index contributed by atoms with van der Waals surface area (Å²) in [5, 5.41) is 5.30. The minimum atomic E-state index is -0.503. The average Bonchev–Trinajstić information content (AvgIpc) is 3.88. The summed E-state index contributed by atoms with van der Waals surface area (Å²) in [6.07, 6.45) is 10.9. The summed E-state index contributed by atoms with van der Waals surface area (Å²) in [6.45, 7) is 13.2. The zero-order valence-electron chi connectivity index (χ0n) is 38.5. The molecule has 9 heteroatoms. The van der Waals surface area contributed by atoms with Crippen molar-refractivity contribution in [1.29, 1.82) is 0 Å². The summed E-state index contributed by atoms with van der Waals surface area (Å²) < 4.78 is 2.13. The highest BCUT2D eigenvalue weighted by Crippen LogP contribution is 2.52. The molecule has 0 fully saturated rings. The number of nitrogens with zero attached hydrogens (tertiary/aromatic N) is 4. The number of imide groups is 2. The van der Waals surface area contributed by atoms with Gasteiger partial charge in [0.1, 0.15) is 6.67 Å². The van der Waals surface area contributed by atoms with Gasteiger partial charge < -0.3 is 4.90 Å². The first-order valence-electron chi connectivity index (χ1n) is 23.1. The van der Waals surface area contributed by atoms with Crippen LogP contribution in [0.5, 0.6) is 0 Å². The number of carbonyl (C=O) groups is 4. The van der Waals surface area contributed by atoms with E-state index in [4.69, 9.17) is 11.6 Å². The van der Waals surface area contributed by atoms with Crippen LogP contribution >= 0.6 is 11.6 Å². The predicted molar refractivity (Wildman–Crippen MR) is 266 cm³/mol. The monoisotopic (exact) mass is 901 g/mol. The van der Waals surface area contributed by atoms with Gasteiger partial charge in [-0.3, -0.25) is 24.1 Å². The first kappa shape index (κ1) is 42.5. The number of benzene rings is 6. The zero-order chi connectivity index (χ0) is 46.7. The van der Waals surface area contributed by atoms with E-state index in [1.54, 1.807) is 48.5 Å². The molecule has 0 spiro atoms. The van der Waals surface area contributed by atoms with E-state index in [1.165, 1.54) is 31.7 Å². The predicted octanol–water partition coefficient (Wildman–Crippen LogP) is 12.3. The van der Waals surface area contributed by atoms with Gasteiger partial charge in [0, 0.05) is 39.5 Å². The molecule has 0 saturated heterocycles. The van der Waals surface area contributed by atoms with Crippen molar-refractivity contribution in [2.45, 2.75) is 71.6 Å². The highest BCUT2D eigenvalue weighted by molar-refractivity contribution is 6.32. The lowest BCUT2D eigenvalue weighted by molar-refractivity contribution is -0.454. The zero-order valence-corrected chi connectivity index (χ0v) is 39.3. The highest BCUT2D eigenvalue weighted by Gasteiger charge is 2.49. The third kappa shape index (κ3) is 6.36. The van der Waals surface area contributed by atoms with E-state index < -0.39 is 10.8 Å². The summed E-state index contributed by atoms with van der Waals surface area (Å²) in [4.78, 5) is 60.1. The Kier molecular flexibility index (Phi) is 9.80. The molecule has 0 atom stereocenters. The molecule has 0 N–H and O–H groups in total. The summed E-state index contributed by atoms with van der Waals surface area (Å²) in [6, 6.07) is 35.3. The van der Waals surface area contributed by atoms with Gasteiger partial charge in [-0.2, -0.15) is 4.58 Å². The van der Waals surface area contributed by atoms with Gasteiger partial charge in [0.2, 0.25) is 12.4 Å². The Labute approximate surface area is 395 Å². The van der Waals surface area contributed by atoms with Crippen LogP contribution in [0.25, 0.3) is 21.5 Å². The topological polar surface area (TPSA) is 81.0 Å². The van der Waals surface area contributed by atoms with Crippen LogP contribution in [-0.2, 0) is 10.8 Å². The van der Waals surface area contributed by atoms with E-state index in [9.17, 15) is 19.2 Å². The minimum Gasteiger partial charge on any atom is -0.325 e. The van der Waals surface area contributed by atoms with Crippen molar-refractivity contribution < 1.29 is 23.8 Å². The highest BCUT2D eigenvalue weighted by atomic mass is 35.5. The SMILES string of the molecule is Cc1cccc2c3c(ccc12)[N+](CN1C(=O)c2ccccc2C1=O)=C(/C=C/C1=C(Cl)C(=C/C=C2/N(CN4C(=O)c5ccccc5C4=O)c4ccc5c(C)cccc5c4C2(C)C)CCC1)C3(C)C. The molecule has 6 aromatic carbocycles. The summed E-state index contributed by atoms with van der Waals surface area (Å²) in [7, 11) is 0. The Morgan fingerprint density at radius 1 is 0.567 bits per heavy atom. The van der Waals surface area contributed by atoms with Crippen LogP contribution < -0.4 is 4.90 Å². The largest absolute Gasteiger partial charge is 0.325 e. The van der Waals surface area contributed by atoms with E-state index in [0.717, 1.165) is 75.1 Å².